The summed E-state index contributed by atoms with van der Waals surface area (Å²) in [6.07, 6.45) is 3.06. The molecular formula is C16H22N2O3S. The monoisotopic (exact) mass is 322 g/mol. The summed E-state index contributed by atoms with van der Waals surface area (Å²) in [5, 5.41) is 3.69. The van der Waals surface area contributed by atoms with E-state index < -0.39 is 0 Å². The first-order valence-electron chi connectivity index (χ1n) is 8.13. The molecule has 3 fully saturated rings. The van der Waals surface area contributed by atoms with Crippen molar-refractivity contribution in [2.24, 2.45) is 5.92 Å². The second-order valence-electron chi connectivity index (χ2n) is 6.33. The van der Waals surface area contributed by atoms with Gasteiger partial charge in [0.05, 0.1) is 25.2 Å². The van der Waals surface area contributed by atoms with E-state index in [1.165, 1.54) is 4.88 Å². The predicted molar refractivity (Wildman–Crippen MR) is 83.3 cm³/mol. The molecule has 4 heterocycles. The molecule has 0 aromatic carbocycles. The van der Waals surface area contributed by atoms with Crippen LogP contribution in [0, 0.1) is 5.92 Å². The summed E-state index contributed by atoms with van der Waals surface area (Å²) in [5.74, 6) is 0.139. The van der Waals surface area contributed by atoms with Crippen LogP contribution in [0.25, 0.3) is 0 Å². The first-order chi connectivity index (χ1) is 10.8. The van der Waals surface area contributed by atoms with Crippen molar-refractivity contribution in [2.45, 2.75) is 38.0 Å². The fourth-order valence-electron chi connectivity index (χ4n) is 3.84. The van der Waals surface area contributed by atoms with E-state index in [1.807, 2.05) is 0 Å². The smallest absolute Gasteiger partial charge is 0.250 e. The second kappa shape index (κ2) is 6.28. The number of hydrogen-bond donors (Lipinski definition) is 0. The Morgan fingerprint density at radius 1 is 1.41 bits per heavy atom. The highest BCUT2D eigenvalue weighted by atomic mass is 32.1. The van der Waals surface area contributed by atoms with Gasteiger partial charge in [0.2, 0.25) is 0 Å². The van der Waals surface area contributed by atoms with Crippen LogP contribution in [0.2, 0.25) is 0 Å². The molecule has 3 aliphatic heterocycles. The van der Waals surface area contributed by atoms with Crippen molar-refractivity contribution in [1.29, 1.82) is 0 Å². The molecule has 1 aromatic rings. The molecule has 0 bridgehead atoms. The molecule has 0 radical (unpaired) electrons. The van der Waals surface area contributed by atoms with E-state index in [2.05, 4.69) is 22.4 Å². The summed E-state index contributed by atoms with van der Waals surface area (Å²) in [5.41, 5.74) is 0. The zero-order valence-electron chi connectivity index (χ0n) is 12.6. The summed E-state index contributed by atoms with van der Waals surface area (Å²) in [4.78, 5) is 21.9. The molecule has 5 nitrogen and oxygen atoms in total. The van der Waals surface area contributed by atoms with Gasteiger partial charge >= 0.3 is 0 Å². The lowest BCUT2D eigenvalue weighted by molar-refractivity contribution is -0.177. The largest absolute Gasteiger partial charge is 0.377 e. The van der Waals surface area contributed by atoms with Gasteiger partial charge in [0.1, 0.15) is 0 Å². The molecule has 0 saturated carbocycles. The van der Waals surface area contributed by atoms with Crippen molar-refractivity contribution >= 4 is 17.2 Å². The Kier molecular flexibility index (Phi) is 4.17. The van der Waals surface area contributed by atoms with E-state index in [4.69, 9.17) is 9.57 Å². The van der Waals surface area contributed by atoms with Gasteiger partial charge in [-0.2, -0.15) is 0 Å². The average molecular weight is 322 g/mol. The molecule has 0 spiro atoms. The van der Waals surface area contributed by atoms with Gasteiger partial charge in [-0.3, -0.25) is 14.5 Å². The van der Waals surface area contributed by atoms with E-state index in [0.717, 1.165) is 45.5 Å². The molecule has 1 amide bonds. The van der Waals surface area contributed by atoms with Crippen molar-refractivity contribution in [3.05, 3.63) is 22.4 Å². The molecule has 3 aliphatic rings. The predicted octanol–water partition coefficient (Wildman–Crippen LogP) is 1.89. The summed E-state index contributed by atoms with van der Waals surface area (Å²) >= 11 is 1.78. The summed E-state index contributed by atoms with van der Waals surface area (Å²) in [7, 11) is 0. The molecule has 120 valence electrons. The minimum Gasteiger partial charge on any atom is -0.377 e. The van der Waals surface area contributed by atoms with Gasteiger partial charge in [-0.1, -0.05) is 6.07 Å². The summed E-state index contributed by atoms with van der Waals surface area (Å²) in [6.45, 7) is 3.96. The highest BCUT2D eigenvalue weighted by Crippen LogP contribution is 2.34. The number of fused-ring (bicyclic) bond motifs is 1. The quantitative estimate of drug-likeness (QED) is 0.852. The number of carbonyl (C=O) groups is 1. The average Bonchev–Trinajstić information content (AvgIpc) is 3.27. The second-order valence-corrected chi connectivity index (χ2v) is 7.37. The topological polar surface area (TPSA) is 42.0 Å². The maximum atomic E-state index is 12.7. The van der Waals surface area contributed by atoms with Gasteiger partial charge in [0.15, 0.2) is 0 Å². The van der Waals surface area contributed by atoms with Gasteiger partial charge in [-0.15, -0.1) is 11.3 Å². The lowest BCUT2D eigenvalue weighted by atomic mass is 9.89. The van der Waals surface area contributed by atoms with Crippen molar-refractivity contribution in [3.63, 3.8) is 0 Å². The van der Waals surface area contributed by atoms with E-state index >= 15 is 0 Å². The lowest BCUT2D eigenvalue weighted by Crippen LogP contribution is -2.52. The Balaban J connectivity index is 1.48. The third kappa shape index (κ3) is 2.80. The molecule has 0 unspecified atom stereocenters. The van der Waals surface area contributed by atoms with Crippen molar-refractivity contribution in [3.8, 4) is 0 Å². The van der Waals surface area contributed by atoms with Crippen LogP contribution in [0.15, 0.2) is 17.5 Å². The third-order valence-corrected chi connectivity index (χ3v) is 5.76. The highest BCUT2D eigenvalue weighted by Gasteiger charge is 2.43. The fraction of sp³-hybridized carbons (Fsp3) is 0.688. The van der Waals surface area contributed by atoms with Crippen LogP contribution in [0.1, 0.15) is 24.1 Å². The Hall–Kier alpha value is -0.950. The summed E-state index contributed by atoms with van der Waals surface area (Å²) < 4.78 is 5.90. The van der Waals surface area contributed by atoms with Crippen LogP contribution < -0.4 is 0 Å². The van der Waals surface area contributed by atoms with Crippen LogP contribution in [0.4, 0.5) is 0 Å². The molecule has 4 rings (SSSR count). The van der Waals surface area contributed by atoms with E-state index in [-0.39, 0.29) is 17.9 Å². The van der Waals surface area contributed by atoms with Crippen LogP contribution in [-0.2, 0) is 20.9 Å². The number of nitrogens with zero attached hydrogens (tertiary/aromatic N) is 2. The maximum Gasteiger partial charge on any atom is 0.250 e. The van der Waals surface area contributed by atoms with Crippen LogP contribution in [-0.4, -0.2) is 54.3 Å². The number of ether oxygens (including phenoxy) is 1. The lowest BCUT2D eigenvalue weighted by Gasteiger charge is -2.40. The minimum atomic E-state index is -0.00240. The highest BCUT2D eigenvalue weighted by molar-refractivity contribution is 7.09. The number of thiophene rings is 1. The van der Waals surface area contributed by atoms with Crippen LogP contribution in [0.5, 0.6) is 0 Å². The molecule has 6 heteroatoms. The Bertz CT molecular complexity index is 515. The Morgan fingerprint density at radius 3 is 3.14 bits per heavy atom. The SMILES string of the molecule is O=C([C@@H]1C[C@@H]2OCC[C@@H]2N(Cc2cccs2)C1)N1CCCO1. The van der Waals surface area contributed by atoms with E-state index in [1.54, 1.807) is 16.4 Å². The molecule has 3 saturated heterocycles. The number of piperidine rings is 1. The van der Waals surface area contributed by atoms with E-state index in [0.29, 0.717) is 12.6 Å². The number of likely N-dealkylation sites (tertiary alicyclic amines) is 1. The molecular weight excluding hydrogens is 300 g/mol. The van der Waals surface area contributed by atoms with Crippen molar-refractivity contribution in [2.75, 3.05) is 26.3 Å². The normalized spacial score (nSPS) is 32.4. The summed E-state index contributed by atoms with van der Waals surface area (Å²) in [6, 6.07) is 4.73. The number of carbonyl (C=O) groups excluding carboxylic acids is 1. The number of rotatable bonds is 3. The van der Waals surface area contributed by atoms with Gasteiger partial charge < -0.3 is 4.74 Å². The Labute approximate surface area is 134 Å². The van der Waals surface area contributed by atoms with Crippen LogP contribution in [0.3, 0.4) is 0 Å². The zero-order chi connectivity index (χ0) is 14.9. The molecule has 22 heavy (non-hydrogen) atoms. The van der Waals surface area contributed by atoms with Crippen molar-refractivity contribution < 1.29 is 14.4 Å². The molecule has 3 atom stereocenters. The number of amides is 1. The zero-order valence-corrected chi connectivity index (χ0v) is 13.5. The van der Waals surface area contributed by atoms with Gasteiger partial charge in [0.25, 0.3) is 5.91 Å². The van der Waals surface area contributed by atoms with Crippen molar-refractivity contribution in [1.82, 2.24) is 9.96 Å². The third-order valence-electron chi connectivity index (χ3n) is 4.90. The maximum absolute atomic E-state index is 12.7. The van der Waals surface area contributed by atoms with Gasteiger partial charge in [-0.05, 0) is 30.7 Å². The van der Waals surface area contributed by atoms with E-state index in [9.17, 15) is 4.79 Å². The number of hydroxylamine groups is 2. The first kappa shape index (κ1) is 14.6. The molecule has 0 aliphatic carbocycles. The van der Waals surface area contributed by atoms with Gasteiger partial charge in [-0.25, -0.2) is 5.06 Å². The first-order valence-corrected chi connectivity index (χ1v) is 9.01. The van der Waals surface area contributed by atoms with Gasteiger partial charge in [0, 0.05) is 30.6 Å². The fourth-order valence-corrected chi connectivity index (χ4v) is 4.57. The van der Waals surface area contributed by atoms with Crippen LogP contribution >= 0.6 is 11.3 Å². The standard InChI is InChI=1S/C16H22N2O3S/c19-16(18-5-2-6-21-18)12-9-15-14(4-7-20-15)17(10-12)11-13-3-1-8-22-13/h1,3,8,12,14-15H,2,4-7,9-11H2/t12-,14+,15+/m1/s1. The molecule has 0 N–H and O–H groups in total. The minimum absolute atomic E-state index is 0.00240. The number of hydrogen-bond acceptors (Lipinski definition) is 5. The molecule has 1 aromatic heterocycles. The Morgan fingerprint density at radius 2 is 2.36 bits per heavy atom.